The highest BCUT2D eigenvalue weighted by Gasteiger charge is 2.40. The molecule has 2 rings (SSSR count). The molecule has 1 aromatic carbocycles. The minimum Gasteiger partial charge on any atom is -0.369 e. The van der Waals surface area contributed by atoms with Gasteiger partial charge in [0.2, 0.25) is 0 Å². The zero-order valence-electron chi connectivity index (χ0n) is 18.8. The van der Waals surface area contributed by atoms with E-state index >= 15 is 0 Å². The van der Waals surface area contributed by atoms with E-state index in [-0.39, 0.29) is 5.82 Å². The van der Waals surface area contributed by atoms with Gasteiger partial charge >= 0.3 is 0 Å². The normalized spacial score (nSPS) is 18.9. The van der Waals surface area contributed by atoms with Crippen LogP contribution in [0.5, 0.6) is 0 Å². The highest BCUT2D eigenvalue weighted by Crippen LogP contribution is 2.52. The minimum absolute atomic E-state index is 0.146. The van der Waals surface area contributed by atoms with Crippen LogP contribution in [0.25, 0.3) is 0 Å². The second-order valence-corrected chi connectivity index (χ2v) is 7.57. The van der Waals surface area contributed by atoms with Crippen molar-refractivity contribution in [1.29, 1.82) is 0 Å². The Hall–Kier alpha value is -2.89. The third-order valence-electron chi connectivity index (χ3n) is 5.17. The van der Waals surface area contributed by atoms with E-state index in [1.165, 1.54) is 5.56 Å². The van der Waals surface area contributed by atoms with Gasteiger partial charge in [-0.2, -0.15) is 0 Å². The number of nitrogens with zero attached hydrogens (tertiary/aromatic N) is 5. The summed E-state index contributed by atoms with van der Waals surface area (Å²) in [7, 11) is 0. The molecule has 0 spiro atoms. The van der Waals surface area contributed by atoms with Gasteiger partial charge in [-0.05, 0) is 73.9 Å². The minimum atomic E-state index is -0.146. The van der Waals surface area contributed by atoms with Crippen molar-refractivity contribution in [2.45, 2.75) is 39.0 Å². The maximum atomic E-state index is 14.5. The van der Waals surface area contributed by atoms with Crippen LogP contribution < -0.4 is 4.90 Å². The molecule has 0 N–H and O–H groups in total. The SMILES string of the molecule is C=N/C=C\C=NCCN=C/C(=C\N=C)C1CC1c1ccc(F)c(N(CCC)CCC)c1. The number of aliphatic imine (C=N–C) groups is 4. The second-order valence-electron chi connectivity index (χ2n) is 7.57. The van der Waals surface area contributed by atoms with Crippen molar-refractivity contribution in [3.63, 3.8) is 0 Å². The molecule has 1 saturated carbocycles. The number of anilines is 1. The Morgan fingerprint density at radius 1 is 1.13 bits per heavy atom. The van der Waals surface area contributed by atoms with Crippen LogP contribution in [-0.2, 0) is 0 Å². The van der Waals surface area contributed by atoms with E-state index in [2.05, 4.69) is 52.2 Å². The number of allylic oxidation sites excluding steroid dienone is 2. The first-order valence-electron chi connectivity index (χ1n) is 11.0. The predicted molar refractivity (Wildman–Crippen MR) is 133 cm³/mol. The zero-order chi connectivity index (χ0) is 22.5. The molecule has 0 heterocycles. The first-order chi connectivity index (χ1) is 15.2. The van der Waals surface area contributed by atoms with E-state index in [1.54, 1.807) is 30.8 Å². The molecule has 1 fully saturated rings. The number of hydrogen-bond donors (Lipinski definition) is 0. The Morgan fingerprint density at radius 3 is 2.55 bits per heavy atom. The first kappa shape index (κ1) is 24.4. The Kier molecular flexibility index (Phi) is 10.6. The highest BCUT2D eigenvalue weighted by atomic mass is 19.1. The number of rotatable bonds is 14. The maximum Gasteiger partial charge on any atom is 0.146 e. The fraction of sp³-hybridized carbons (Fsp3) is 0.440. The molecule has 5 nitrogen and oxygen atoms in total. The topological polar surface area (TPSA) is 52.7 Å². The van der Waals surface area contributed by atoms with Gasteiger partial charge in [0.15, 0.2) is 0 Å². The van der Waals surface area contributed by atoms with Gasteiger partial charge in [0.1, 0.15) is 5.82 Å². The fourth-order valence-corrected chi connectivity index (χ4v) is 3.68. The zero-order valence-corrected chi connectivity index (χ0v) is 18.8. The number of benzene rings is 1. The lowest BCUT2D eigenvalue weighted by atomic mass is 10.0. The smallest absolute Gasteiger partial charge is 0.146 e. The summed E-state index contributed by atoms with van der Waals surface area (Å²) in [6.07, 6.45) is 11.7. The molecular formula is C25H34FN5. The van der Waals surface area contributed by atoms with E-state index in [9.17, 15) is 4.39 Å². The highest BCUT2D eigenvalue weighted by molar-refractivity contribution is 5.81. The molecule has 31 heavy (non-hydrogen) atoms. The Bertz CT molecular complexity index is 834. The van der Waals surface area contributed by atoms with Crippen LogP contribution in [0, 0.1) is 11.7 Å². The maximum absolute atomic E-state index is 14.5. The van der Waals surface area contributed by atoms with E-state index in [4.69, 9.17) is 0 Å². The average molecular weight is 424 g/mol. The second kappa shape index (κ2) is 13.4. The first-order valence-corrected chi connectivity index (χ1v) is 11.0. The summed E-state index contributed by atoms with van der Waals surface area (Å²) >= 11 is 0. The van der Waals surface area contributed by atoms with Gasteiger partial charge in [0, 0.05) is 37.9 Å². The summed E-state index contributed by atoms with van der Waals surface area (Å²) in [5.74, 6) is 0.550. The van der Waals surface area contributed by atoms with Gasteiger partial charge in [0.25, 0.3) is 0 Å². The monoisotopic (exact) mass is 423 g/mol. The fourth-order valence-electron chi connectivity index (χ4n) is 3.68. The molecule has 0 amide bonds. The predicted octanol–water partition coefficient (Wildman–Crippen LogP) is 5.50. The summed E-state index contributed by atoms with van der Waals surface area (Å²) in [5.41, 5.74) is 2.95. The van der Waals surface area contributed by atoms with E-state index in [1.807, 2.05) is 18.3 Å². The average Bonchev–Trinajstić information content (AvgIpc) is 3.56. The van der Waals surface area contributed by atoms with E-state index in [0.29, 0.717) is 30.6 Å². The lowest BCUT2D eigenvalue weighted by Crippen LogP contribution is -2.26. The Labute approximate surface area is 185 Å². The molecule has 0 aliphatic heterocycles. The van der Waals surface area contributed by atoms with Gasteiger partial charge in [-0.25, -0.2) is 4.39 Å². The third-order valence-corrected chi connectivity index (χ3v) is 5.17. The van der Waals surface area contributed by atoms with Crippen LogP contribution in [0.15, 0.2) is 62.2 Å². The van der Waals surface area contributed by atoms with Crippen molar-refractivity contribution in [3.8, 4) is 0 Å². The van der Waals surface area contributed by atoms with E-state index < -0.39 is 0 Å². The summed E-state index contributed by atoms with van der Waals surface area (Å²) in [5, 5.41) is 0. The van der Waals surface area contributed by atoms with Crippen molar-refractivity contribution >= 4 is 31.6 Å². The lowest BCUT2D eigenvalue weighted by Gasteiger charge is -2.25. The molecule has 166 valence electrons. The van der Waals surface area contributed by atoms with Gasteiger partial charge in [-0.15, -0.1) is 0 Å². The quantitative estimate of drug-likeness (QED) is 0.288. The summed E-state index contributed by atoms with van der Waals surface area (Å²) in [6, 6.07) is 5.55. The molecule has 2 atom stereocenters. The summed E-state index contributed by atoms with van der Waals surface area (Å²) < 4.78 is 14.5. The molecule has 1 aliphatic carbocycles. The molecule has 1 aliphatic rings. The molecule has 2 unspecified atom stereocenters. The Morgan fingerprint density at radius 2 is 1.87 bits per heavy atom. The lowest BCUT2D eigenvalue weighted by molar-refractivity contribution is 0.612. The standard InChI is InChI=1S/C25H34FN5/c1-5-14-31(15-6-2)25-16-20(8-9-24(25)26)22-17-23(22)21(18-28-4)19-30-13-12-29-11-7-10-27-3/h7-11,16,18-19,22-23H,3-6,12-15,17H2,1-2H3/b10-7-,21-18+,29-11?,30-19?. The van der Waals surface area contributed by atoms with Crippen LogP contribution in [0.3, 0.4) is 0 Å². The van der Waals surface area contributed by atoms with Crippen molar-refractivity contribution in [2.24, 2.45) is 25.9 Å². The summed E-state index contributed by atoms with van der Waals surface area (Å²) in [4.78, 5) is 18.4. The molecule has 0 aromatic heterocycles. The van der Waals surface area contributed by atoms with Crippen LogP contribution in [0.2, 0.25) is 0 Å². The van der Waals surface area contributed by atoms with Crippen LogP contribution in [0.1, 0.15) is 44.6 Å². The van der Waals surface area contributed by atoms with Crippen LogP contribution in [0.4, 0.5) is 10.1 Å². The molecule has 1 aromatic rings. The van der Waals surface area contributed by atoms with Gasteiger partial charge in [-0.3, -0.25) is 20.0 Å². The number of halogens is 1. The van der Waals surface area contributed by atoms with Gasteiger partial charge in [-0.1, -0.05) is 19.9 Å². The van der Waals surface area contributed by atoms with Crippen LogP contribution >= 0.6 is 0 Å². The van der Waals surface area contributed by atoms with E-state index in [0.717, 1.165) is 37.9 Å². The molecule has 0 bridgehead atoms. The van der Waals surface area contributed by atoms with Gasteiger partial charge in [0.05, 0.1) is 18.8 Å². The van der Waals surface area contributed by atoms with Crippen LogP contribution in [-0.4, -0.2) is 52.0 Å². The molecular weight excluding hydrogens is 389 g/mol. The van der Waals surface area contributed by atoms with Crippen molar-refractivity contribution < 1.29 is 4.39 Å². The van der Waals surface area contributed by atoms with Crippen molar-refractivity contribution in [2.75, 3.05) is 31.1 Å². The third kappa shape index (κ3) is 7.70. The molecule has 6 heteroatoms. The largest absolute Gasteiger partial charge is 0.369 e. The molecule has 0 radical (unpaired) electrons. The molecule has 0 saturated heterocycles. The summed E-state index contributed by atoms with van der Waals surface area (Å²) in [6.45, 7) is 14.1. The van der Waals surface area contributed by atoms with Gasteiger partial charge < -0.3 is 4.90 Å². The number of hydrogen-bond acceptors (Lipinski definition) is 5. The van der Waals surface area contributed by atoms with Crippen molar-refractivity contribution in [1.82, 2.24) is 0 Å². The Balaban J connectivity index is 2.03. The van der Waals surface area contributed by atoms with Crippen molar-refractivity contribution in [3.05, 3.63) is 53.6 Å².